The predicted molar refractivity (Wildman–Crippen MR) is 119 cm³/mol. The summed E-state index contributed by atoms with van der Waals surface area (Å²) in [5.74, 6) is 0.0648. The number of rotatable bonds is 7. The van der Waals surface area contributed by atoms with Crippen molar-refractivity contribution in [3.05, 3.63) is 83.4 Å². The molecule has 0 saturated heterocycles. The largest absolute Gasteiger partial charge is 0.497 e. The van der Waals surface area contributed by atoms with Crippen molar-refractivity contribution in [2.45, 2.75) is 11.8 Å². The Morgan fingerprint density at radius 1 is 0.967 bits per heavy atom. The number of nitrogens with zero attached hydrogens (tertiary/aromatic N) is 1. The number of hydrogen-bond donors (Lipinski definition) is 1. The number of ether oxygens (including phenoxy) is 1. The van der Waals surface area contributed by atoms with Crippen molar-refractivity contribution in [2.75, 3.05) is 23.3 Å². The van der Waals surface area contributed by atoms with Gasteiger partial charge in [0.15, 0.2) is 0 Å². The molecule has 30 heavy (non-hydrogen) atoms. The summed E-state index contributed by atoms with van der Waals surface area (Å²) in [5, 5.41) is 3.19. The van der Waals surface area contributed by atoms with Crippen molar-refractivity contribution >= 4 is 38.9 Å². The number of aryl methyl sites for hydroxylation is 1. The molecule has 6 nitrogen and oxygen atoms in total. The van der Waals surface area contributed by atoms with Crippen LogP contribution in [0.4, 0.5) is 11.4 Å². The molecule has 3 rings (SSSR count). The Labute approximate surface area is 181 Å². The Balaban J connectivity index is 1.92. The summed E-state index contributed by atoms with van der Waals surface area (Å²) < 4.78 is 32.8. The number of anilines is 2. The summed E-state index contributed by atoms with van der Waals surface area (Å²) in [6, 6.07) is 19.5. The second-order valence-corrected chi connectivity index (χ2v) is 8.88. The lowest BCUT2D eigenvalue weighted by molar-refractivity contribution is -0.114. The summed E-state index contributed by atoms with van der Waals surface area (Å²) in [4.78, 5) is 12.7. The zero-order chi connectivity index (χ0) is 21.7. The van der Waals surface area contributed by atoms with Gasteiger partial charge < -0.3 is 10.1 Å². The Kier molecular flexibility index (Phi) is 6.64. The van der Waals surface area contributed by atoms with Gasteiger partial charge in [0.2, 0.25) is 5.91 Å². The maximum absolute atomic E-state index is 13.3. The van der Waals surface area contributed by atoms with Gasteiger partial charge in [-0.1, -0.05) is 29.3 Å². The quantitative estimate of drug-likeness (QED) is 0.582. The molecule has 156 valence electrons. The van der Waals surface area contributed by atoms with E-state index in [4.69, 9.17) is 16.3 Å². The summed E-state index contributed by atoms with van der Waals surface area (Å²) in [6.45, 7) is 1.54. The standard InChI is InChI=1S/C22H21ClN2O4S/c1-16-3-7-18(8-4-16)24-22(26)15-25(19-9-5-17(23)6-10-19)30(27,28)21-13-11-20(29-2)12-14-21/h3-14H,15H2,1-2H3,(H,24,26). The summed E-state index contributed by atoms with van der Waals surface area (Å²) >= 11 is 5.95. The summed E-state index contributed by atoms with van der Waals surface area (Å²) in [7, 11) is -2.51. The Hall–Kier alpha value is -3.03. The molecule has 3 aromatic rings. The number of hydrogen-bond acceptors (Lipinski definition) is 4. The highest BCUT2D eigenvalue weighted by Gasteiger charge is 2.27. The van der Waals surface area contributed by atoms with Gasteiger partial charge in [0.25, 0.3) is 10.0 Å². The highest BCUT2D eigenvalue weighted by atomic mass is 35.5. The third-order valence-corrected chi connectivity index (χ3v) is 6.42. The molecular formula is C22H21ClN2O4S. The number of carbonyl (C=O) groups is 1. The third kappa shape index (κ3) is 5.11. The fourth-order valence-electron chi connectivity index (χ4n) is 2.77. The zero-order valence-electron chi connectivity index (χ0n) is 16.5. The Bertz CT molecular complexity index is 1110. The van der Waals surface area contributed by atoms with Crippen molar-refractivity contribution in [3.8, 4) is 5.75 Å². The van der Waals surface area contributed by atoms with E-state index >= 15 is 0 Å². The lowest BCUT2D eigenvalue weighted by atomic mass is 10.2. The topological polar surface area (TPSA) is 75.7 Å². The van der Waals surface area contributed by atoms with Crippen LogP contribution >= 0.6 is 11.6 Å². The molecule has 0 atom stereocenters. The van der Waals surface area contributed by atoms with Crippen LogP contribution in [0.2, 0.25) is 5.02 Å². The van der Waals surface area contributed by atoms with Gasteiger partial charge in [-0.2, -0.15) is 0 Å². The molecule has 0 bridgehead atoms. The summed E-state index contributed by atoms with van der Waals surface area (Å²) in [5.41, 5.74) is 1.97. The van der Waals surface area contributed by atoms with Crippen LogP contribution in [-0.2, 0) is 14.8 Å². The van der Waals surface area contributed by atoms with Crippen molar-refractivity contribution < 1.29 is 17.9 Å². The van der Waals surface area contributed by atoms with E-state index in [0.717, 1.165) is 9.87 Å². The first-order valence-electron chi connectivity index (χ1n) is 9.08. The normalized spacial score (nSPS) is 11.0. The Morgan fingerprint density at radius 2 is 1.57 bits per heavy atom. The van der Waals surface area contributed by atoms with E-state index in [2.05, 4.69) is 5.32 Å². The van der Waals surface area contributed by atoms with Gasteiger partial charge in [-0.15, -0.1) is 0 Å². The van der Waals surface area contributed by atoms with E-state index in [1.54, 1.807) is 48.5 Å². The van der Waals surface area contributed by atoms with E-state index < -0.39 is 22.5 Å². The van der Waals surface area contributed by atoms with Crippen LogP contribution in [0.3, 0.4) is 0 Å². The molecule has 0 aliphatic carbocycles. The maximum Gasteiger partial charge on any atom is 0.264 e. The molecule has 1 amide bonds. The van der Waals surface area contributed by atoms with Crippen molar-refractivity contribution in [3.63, 3.8) is 0 Å². The number of amides is 1. The number of benzene rings is 3. The molecule has 3 aromatic carbocycles. The van der Waals surface area contributed by atoms with Crippen LogP contribution in [0.25, 0.3) is 0 Å². The van der Waals surface area contributed by atoms with Crippen LogP contribution in [0.1, 0.15) is 5.56 Å². The lowest BCUT2D eigenvalue weighted by Crippen LogP contribution is -2.38. The van der Waals surface area contributed by atoms with Crippen LogP contribution in [0.5, 0.6) is 5.75 Å². The van der Waals surface area contributed by atoms with Crippen molar-refractivity contribution in [1.82, 2.24) is 0 Å². The minimum atomic E-state index is -4.01. The first-order valence-corrected chi connectivity index (χ1v) is 10.9. The lowest BCUT2D eigenvalue weighted by Gasteiger charge is -2.24. The van der Waals surface area contributed by atoms with Crippen molar-refractivity contribution in [1.29, 1.82) is 0 Å². The molecule has 1 N–H and O–H groups in total. The SMILES string of the molecule is COc1ccc(S(=O)(=O)N(CC(=O)Nc2ccc(C)cc2)c2ccc(Cl)cc2)cc1. The fraction of sp³-hybridized carbons (Fsp3) is 0.136. The van der Waals surface area contributed by atoms with Crippen LogP contribution < -0.4 is 14.4 Å². The van der Waals surface area contributed by atoms with E-state index in [-0.39, 0.29) is 4.90 Å². The van der Waals surface area contributed by atoms with Gasteiger partial charge in [0.05, 0.1) is 17.7 Å². The first-order chi connectivity index (χ1) is 14.3. The average Bonchev–Trinajstić information content (AvgIpc) is 2.74. The van der Waals surface area contributed by atoms with Gasteiger partial charge in [-0.05, 0) is 67.6 Å². The van der Waals surface area contributed by atoms with E-state index in [9.17, 15) is 13.2 Å². The number of nitrogens with one attached hydrogen (secondary N) is 1. The predicted octanol–water partition coefficient (Wildman–Crippen LogP) is 4.49. The van der Waals surface area contributed by atoms with Crippen LogP contribution in [0.15, 0.2) is 77.7 Å². The highest BCUT2D eigenvalue weighted by Crippen LogP contribution is 2.26. The molecule has 8 heteroatoms. The molecule has 0 spiro atoms. The monoisotopic (exact) mass is 444 g/mol. The van der Waals surface area contributed by atoms with E-state index in [0.29, 0.717) is 22.1 Å². The van der Waals surface area contributed by atoms with E-state index in [1.165, 1.54) is 19.2 Å². The molecule has 0 aliphatic heterocycles. The Morgan fingerprint density at radius 3 is 2.13 bits per heavy atom. The molecule has 0 saturated carbocycles. The minimum Gasteiger partial charge on any atom is -0.497 e. The van der Waals surface area contributed by atoms with Crippen LogP contribution in [0, 0.1) is 6.92 Å². The zero-order valence-corrected chi connectivity index (χ0v) is 18.1. The minimum absolute atomic E-state index is 0.0429. The highest BCUT2D eigenvalue weighted by molar-refractivity contribution is 7.92. The summed E-state index contributed by atoms with van der Waals surface area (Å²) in [6.07, 6.45) is 0. The van der Waals surface area contributed by atoms with Gasteiger partial charge in [-0.25, -0.2) is 8.42 Å². The van der Waals surface area contributed by atoms with Gasteiger partial charge in [0, 0.05) is 10.7 Å². The third-order valence-electron chi connectivity index (χ3n) is 4.38. The molecule has 0 unspecified atom stereocenters. The smallest absolute Gasteiger partial charge is 0.264 e. The maximum atomic E-state index is 13.3. The van der Waals surface area contributed by atoms with Crippen molar-refractivity contribution in [2.24, 2.45) is 0 Å². The molecular weight excluding hydrogens is 424 g/mol. The van der Waals surface area contributed by atoms with Gasteiger partial charge in [0.1, 0.15) is 12.3 Å². The fourth-order valence-corrected chi connectivity index (χ4v) is 4.31. The average molecular weight is 445 g/mol. The van der Waals surface area contributed by atoms with Crippen LogP contribution in [-0.4, -0.2) is 28.0 Å². The molecule has 0 heterocycles. The number of carbonyl (C=O) groups excluding carboxylic acids is 1. The molecule has 0 aromatic heterocycles. The van der Waals surface area contributed by atoms with E-state index in [1.807, 2.05) is 19.1 Å². The number of halogens is 1. The molecule has 0 radical (unpaired) electrons. The number of methoxy groups -OCH3 is 1. The second kappa shape index (κ2) is 9.19. The molecule has 0 aliphatic rings. The molecule has 0 fully saturated rings. The number of sulfonamides is 1. The van der Waals surface area contributed by atoms with Gasteiger partial charge in [-0.3, -0.25) is 9.10 Å². The van der Waals surface area contributed by atoms with Gasteiger partial charge >= 0.3 is 0 Å². The first kappa shape index (κ1) is 21.7. The second-order valence-electron chi connectivity index (χ2n) is 6.58.